The Labute approximate surface area is 513 Å². The SMILES string of the molecule is CC(=O)OC1C(O)C2=C(CCC3C2(C)CC(C(=O)OCO)C(C)C3(C)C)C2=CCC(C(C)CCC3(C(C)(C)O)CO3)C21C.CC(=O)OC1C(O)C2=C(CCC3C2(C)CC(C(=O)OCO)C(C)C3(C)C)C2CCC(C(C)CCC3(C(C)(C)O)CO3)C21C. The van der Waals surface area contributed by atoms with Gasteiger partial charge in [0.05, 0.1) is 36.3 Å². The van der Waals surface area contributed by atoms with Gasteiger partial charge in [0, 0.05) is 24.7 Å². The Morgan fingerprint density at radius 1 is 0.640 bits per heavy atom. The van der Waals surface area contributed by atoms with Crippen LogP contribution in [0.25, 0.3) is 0 Å². The Bertz CT molecular complexity index is 2680. The molecule has 6 N–H and O–H groups in total. The normalized spacial score (nSPS) is 43.2. The summed E-state index contributed by atoms with van der Waals surface area (Å²) in [6.07, 6.45) is 9.61. The fourth-order valence-electron chi connectivity index (χ4n) is 21.5. The fraction of sp³-hybridized carbons (Fsp3) is 0.857. The summed E-state index contributed by atoms with van der Waals surface area (Å²) in [6, 6.07) is 0. The molecule has 486 valence electrons. The summed E-state index contributed by atoms with van der Waals surface area (Å²) < 4.78 is 34.1. The van der Waals surface area contributed by atoms with Gasteiger partial charge in [-0.15, -0.1) is 0 Å². The summed E-state index contributed by atoms with van der Waals surface area (Å²) in [7, 11) is 0. The van der Waals surface area contributed by atoms with Gasteiger partial charge in [-0.3, -0.25) is 19.2 Å². The number of hydrogen-bond donors (Lipinski definition) is 6. The monoisotopic (exact) mass is 1210 g/mol. The Morgan fingerprint density at radius 2 is 1.07 bits per heavy atom. The van der Waals surface area contributed by atoms with Crippen molar-refractivity contribution in [3.05, 3.63) is 33.9 Å². The molecule has 16 heteroatoms. The quantitative estimate of drug-likeness (QED) is 0.0276. The Morgan fingerprint density at radius 3 is 1.51 bits per heavy atom. The van der Waals surface area contributed by atoms with Gasteiger partial charge in [0.2, 0.25) is 0 Å². The molecule has 21 atom stereocenters. The number of fused-ring (bicyclic) bond motifs is 8. The summed E-state index contributed by atoms with van der Waals surface area (Å²) in [6.45, 7) is 36.3. The maximum absolute atomic E-state index is 13.2. The first-order valence-electron chi connectivity index (χ1n) is 32.9. The van der Waals surface area contributed by atoms with E-state index in [1.54, 1.807) is 0 Å². The smallest absolute Gasteiger partial charge is 0.311 e. The molecule has 10 aliphatic rings. The van der Waals surface area contributed by atoms with Crippen LogP contribution in [0, 0.1) is 97.6 Å². The molecule has 0 radical (unpaired) electrons. The Balaban J connectivity index is 0.000000205. The molecule has 3 saturated carbocycles. The lowest BCUT2D eigenvalue weighted by molar-refractivity contribution is -0.181. The number of hydrogen-bond acceptors (Lipinski definition) is 16. The molecule has 8 aliphatic carbocycles. The van der Waals surface area contributed by atoms with Crippen LogP contribution in [0.1, 0.15) is 208 Å². The van der Waals surface area contributed by atoms with Crippen LogP contribution in [-0.2, 0) is 47.6 Å². The Kier molecular flexibility index (Phi) is 17.9. The molecule has 2 saturated heterocycles. The highest BCUT2D eigenvalue weighted by Crippen LogP contribution is 2.72. The fourth-order valence-corrected chi connectivity index (χ4v) is 21.5. The van der Waals surface area contributed by atoms with Gasteiger partial charge in [0.15, 0.2) is 13.6 Å². The molecule has 0 aromatic carbocycles. The van der Waals surface area contributed by atoms with E-state index in [0.29, 0.717) is 26.1 Å². The van der Waals surface area contributed by atoms with Crippen molar-refractivity contribution >= 4 is 23.9 Å². The van der Waals surface area contributed by atoms with E-state index >= 15 is 0 Å². The summed E-state index contributed by atoms with van der Waals surface area (Å²) in [5, 5.41) is 65.0. The number of aliphatic hydroxyl groups is 6. The van der Waals surface area contributed by atoms with Crippen molar-refractivity contribution in [2.45, 2.75) is 255 Å². The number of esters is 4. The van der Waals surface area contributed by atoms with Gasteiger partial charge in [-0.25, -0.2) is 0 Å². The van der Waals surface area contributed by atoms with Gasteiger partial charge in [0.1, 0.15) is 35.6 Å². The van der Waals surface area contributed by atoms with Crippen LogP contribution in [0.4, 0.5) is 0 Å². The van der Waals surface area contributed by atoms with Gasteiger partial charge in [0.25, 0.3) is 0 Å². The van der Waals surface area contributed by atoms with Crippen molar-refractivity contribution in [3.63, 3.8) is 0 Å². The predicted molar refractivity (Wildman–Crippen MR) is 323 cm³/mol. The minimum Gasteiger partial charge on any atom is -0.459 e. The first kappa shape index (κ1) is 67.2. The summed E-state index contributed by atoms with van der Waals surface area (Å²) in [5.41, 5.74) is 0.273. The summed E-state index contributed by atoms with van der Waals surface area (Å²) in [4.78, 5) is 51.6. The van der Waals surface area contributed by atoms with Gasteiger partial charge in [-0.2, -0.15) is 0 Å². The third-order valence-corrected chi connectivity index (χ3v) is 27.0. The van der Waals surface area contributed by atoms with Gasteiger partial charge in [-0.1, -0.05) is 94.7 Å². The first-order valence-corrected chi connectivity index (χ1v) is 32.9. The van der Waals surface area contributed by atoms with E-state index in [1.807, 2.05) is 27.7 Å². The van der Waals surface area contributed by atoms with Crippen molar-refractivity contribution < 1.29 is 78.2 Å². The highest BCUT2D eigenvalue weighted by Gasteiger charge is 2.69. The van der Waals surface area contributed by atoms with Crippen LogP contribution in [0.2, 0.25) is 0 Å². The number of rotatable bonds is 16. The number of aliphatic hydroxyl groups excluding tert-OH is 4. The largest absolute Gasteiger partial charge is 0.459 e. The lowest BCUT2D eigenvalue weighted by Crippen LogP contribution is -2.62. The maximum atomic E-state index is 13.2. The van der Waals surface area contributed by atoms with E-state index in [1.165, 1.54) is 30.6 Å². The van der Waals surface area contributed by atoms with Crippen molar-refractivity contribution in [3.8, 4) is 0 Å². The lowest BCUT2D eigenvalue weighted by atomic mass is 9.42. The number of ether oxygens (including phenoxy) is 6. The third kappa shape index (κ3) is 10.5. The molecule has 10 rings (SSSR count). The second-order valence-corrected chi connectivity index (χ2v) is 32.4. The summed E-state index contributed by atoms with van der Waals surface area (Å²) >= 11 is 0. The molecule has 2 heterocycles. The van der Waals surface area contributed by atoms with Crippen molar-refractivity contribution in [2.24, 2.45) is 97.6 Å². The molecule has 0 aromatic rings. The number of allylic oxidation sites excluding steroid dienone is 3. The second-order valence-electron chi connectivity index (χ2n) is 32.4. The van der Waals surface area contributed by atoms with Crippen LogP contribution in [0.5, 0.6) is 0 Å². The zero-order valence-electron chi connectivity index (χ0n) is 55.5. The van der Waals surface area contributed by atoms with Crippen LogP contribution >= 0.6 is 0 Å². The van der Waals surface area contributed by atoms with E-state index in [-0.39, 0.29) is 70.1 Å². The molecule has 0 spiro atoms. The van der Waals surface area contributed by atoms with Crippen LogP contribution in [-0.4, -0.2) is 128 Å². The molecule has 21 unspecified atom stereocenters. The van der Waals surface area contributed by atoms with Gasteiger partial charge >= 0.3 is 23.9 Å². The molecular formula is C70H110O16. The molecule has 2 aliphatic heterocycles. The first-order chi connectivity index (χ1) is 39.7. The Hall–Kier alpha value is -3.22. The molecule has 86 heavy (non-hydrogen) atoms. The topological polar surface area (TPSA) is 252 Å². The molecule has 16 nitrogen and oxygen atoms in total. The zero-order valence-corrected chi connectivity index (χ0v) is 55.5. The standard InChI is InChI=1S/C35H56O8.C35H54O8/c2*1-19(14-15-35(17-42-35)32(6,7)40)24-11-12-25-22-10-13-26-31(4,5)20(2)23(30(39)41-18-36)16-33(26,8)27(22)28(38)29(34(24,25)9)43-21(3)37/h19-20,23-26,28-29,36,38,40H,10-18H2,1-9H3;12,19-20,23-24,26,28-29,36,38,40H,10-11,13-18H2,1-9H3. The second kappa shape index (κ2) is 22.9. The average Bonchev–Trinajstić information content (AvgIpc) is 1.06. The maximum Gasteiger partial charge on any atom is 0.311 e. The van der Waals surface area contributed by atoms with Crippen molar-refractivity contribution in [1.82, 2.24) is 0 Å². The highest BCUT2D eigenvalue weighted by atomic mass is 16.6. The molecule has 0 aromatic heterocycles. The van der Waals surface area contributed by atoms with E-state index in [0.717, 1.165) is 81.8 Å². The molecule has 5 fully saturated rings. The minimum absolute atomic E-state index is 0.0283. The van der Waals surface area contributed by atoms with Crippen LogP contribution in [0.15, 0.2) is 33.9 Å². The van der Waals surface area contributed by atoms with E-state index < -0.39 is 112 Å². The van der Waals surface area contributed by atoms with E-state index in [4.69, 9.17) is 28.4 Å². The number of carbonyl (C=O) groups is 4. The molecule has 0 amide bonds. The number of epoxide rings is 2. The van der Waals surface area contributed by atoms with E-state index in [9.17, 15) is 49.8 Å². The van der Waals surface area contributed by atoms with E-state index in [2.05, 4.69) is 89.2 Å². The lowest BCUT2D eigenvalue weighted by Gasteiger charge is -2.63. The molecular weight excluding hydrogens is 1100 g/mol. The van der Waals surface area contributed by atoms with Gasteiger partial charge < -0.3 is 59.1 Å². The number of carbonyl (C=O) groups excluding carboxylic acids is 4. The van der Waals surface area contributed by atoms with Crippen LogP contribution < -0.4 is 0 Å². The van der Waals surface area contributed by atoms with Gasteiger partial charge in [-0.05, 0) is 208 Å². The van der Waals surface area contributed by atoms with Crippen LogP contribution in [0.3, 0.4) is 0 Å². The predicted octanol–water partition coefficient (Wildman–Crippen LogP) is 10.3. The van der Waals surface area contributed by atoms with Crippen molar-refractivity contribution in [1.29, 1.82) is 0 Å². The third-order valence-electron chi connectivity index (χ3n) is 27.0. The summed E-state index contributed by atoms with van der Waals surface area (Å²) in [5.74, 6) is -0.886. The molecule has 0 bridgehead atoms. The highest BCUT2D eigenvalue weighted by molar-refractivity contribution is 5.74. The minimum atomic E-state index is -1.00. The van der Waals surface area contributed by atoms with Crippen molar-refractivity contribution in [2.75, 3.05) is 26.8 Å². The average molecular weight is 1210 g/mol. The zero-order chi connectivity index (χ0) is 63.8.